The van der Waals surface area contributed by atoms with Crippen LogP contribution >= 0.6 is 0 Å². The molecule has 5 fully saturated rings. The highest BCUT2D eigenvalue weighted by Gasteiger charge is 2.63. The number of nitrogens with zero attached hydrogens (tertiary/aromatic N) is 3. The minimum absolute atomic E-state index is 0.0957. The molecule has 3 saturated heterocycles. The van der Waals surface area contributed by atoms with Crippen LogP contribution in [-0.2, 0) is 16.1 Å². The zero-order valence-electron chi connectivity index (χ0n) is 20.4. The molecule has 2 atom stereocenters. The van der Waals surface area contributed by atoms with Crippen molar-refractivity contribution in [3.63, 3.8) is 0 Å². The van der Waals surface area contributed by atoms with Gasteiger partial charge in [0.1, 0.15) is 23.2 Å². The van der Waals surface area contributed by atoms with Gasteiger partial charge in [-0.05, 0) is 62.8 Å². The van der Waals surface area contributed by atoms with E-state index in [1.807, 2.05) is 25.1 Å². The van der Waals surface area contributed by atoms with Crippen molar-refractivity contribution in [3.8, 4) is 5.75 Å². The van der Waals surface area contributed by atoms with E-state index in [2.05, 4.69) is 15.2 Å². The zero-order chi connectivity index (χ0) is 24.6. The molecule has 2 aromatic rings. The van der Waals surface area contributed by atoms with Crippen LogP contribution in [0.1, 0.15) is 72.0 Å². The average Bonchev–Trinajstić information content (AvgIpc) is 3.36. The summed E-state index contributed by atoms with van der Waals surface area (Å²) in [6.07, 6.45) is 7.19. The Morgan fingerprint density at radius 1 is 1.11 bits per heavy atom. The van der Waals surface area contributed by atoms with E-state index >= 15 is 0 Å². The Hall–Kier alpha value is -3.20. The van der Waals surface area contributed by atoms with Crippen LogP contribution in [0.2, 0.25) is 0 Å². The van der Waals surface area contributed by atoms with Gasteiger partial charge >= 0.3 is 0 Å². The molecule has 2 aliphatic carbocycles. The van der Waals surface area contributed by atoms with E-state index in [0.717, 1.165) is 55.3 Å². The lowest BCUT2D eigenvalue weighted by Gasteiger charge is -2.53. The van der Waals surface area contributed by atoms with E-state index < -0.39 is 5.54 Å². The lowest BCUT2D eigenvalue weighted by atomic mass is 9.63. The van der Waals surface area contributed by atoms with Crippen molar-refractivity contribution < 1.29 is 23.5 Å². The van der Waals surface area contributed by atoms with Crippen molar-refractivity contribution in [2.75, 3.05) is 13.1 Å². The summed E-state index contributed by atoms with van der Waals surface area (Å²) in [5.74, 6) is 1.93. The van der Waals surface area contributed by atoms with Crippen LogP contribution in [0.3, 0.4) is 0 Å². The van der Waals surface area contributed by atoms with Crippen molar-refractivity contribution in [2.24, 2.45) is 5.92 Å². The minimum Gasteiger partial charge on any atom is -0.489 e. The second-order valence-corrected chi connectivity index (χ2v) is 11.1. The number of rotatable bonds is 5. The molecular formula is C27H30N4O5. The van der Waals surface area contributed by atoms with Gasteiger partial charge in [0, 0.05) is 37.2 Å². The second-order valence-electron chi connectivity index (χ2n) is 11.1. The summed E-state index contributed by atoms with van der Waals surface area (Å²) in [6.45, 7) is 4.17. The number of carbonyl (C=O) groups excluding carboxylic acids is 3. The number of benzene rings is 1. The third-order valence-electron chi connectivity index (χ3n) is 8.92. The fourth-order valence-corrected chi connectivity index (χ4v) is 6.82. The summed E-state index contributed by atoms with van der Waals surface area (Å²) in [5, 5.41) is 2.44. The highest BCUT2D eigenvalue weighted by atomic mass is 16.5. The number of nitrogens with one attached hydrogen (secondary N) is 1. The van der Waals surface area contributed by atoms with Crippen molar-refractivity contribution >= 4 is 17.7 Å². The number of oxazole rings is 1. The molecule has 2 bridgehead atoms. The van der Waals surface area contributed by atoms with Gasteiger partial charge in [-0.1, -0.05) is 6.42 Å². The maximum atomic E-state index is 13.2. The predicted octanol–water partition coefficient (Wildman–Crippen LogP) is 2.53. The Labute approximate surface area is 209 Å². The minimum atomic E-state index is -0.889. The number of fused-ring (bicyclic) bond motifs is 3. The summed E-state index contributed by atoms with van der Waals surface area (Å²) in [5.41, 5.74) is 0.618. The van der Waals surface area contributed by atoms with E-state index in [4.69, 9.17) is 9.15 Å². The number of hydrogen-bond acceptors (Lipinski definition) is 7. The molecule has 2 saturated carbocycles. The molecule has 188 valence electrons. The van der Waals surface area contributed by atoms with Crippen LogP contribution in [-0.4, -0.2) is 63.3 Å². The van der Waals surface area contributed by atoms with Gasteiger partial charge in [-0.2, -0.15) is 0 Å². The molecule has 0 spiro atoms. The van der Waals surface area contributed by atoms with Gasteiger partial charge in [-0.3, -0.25) is 24.6 Å². The maximum absolute atomic E-state index is 13.2. The van der Waals surface area contributed by atoms with Crippen LogP contribution in [0.4, 0.5) is 0 Å². The molecule has 0 radical (unpaired) electrons. The largest absolute Gasteiger partial charge is 0.489 e. The first kappa shape index (κ1) is 22.0. The number of ether oxygens (including phenoxy) is 1. The average molecular weight is 491 g/mol. The van der Waals surface area contributed by atoms with Crippen LogP contribution in [0.15, 0.2) is 28.8 Å². The van der Waals surface area contributed by atoms with E-state index in [9.17, 15) is 14.4 Å². The smallest absolute Gasteiger partial charge is 0.255 e. The molecule has 1 aromatic carbocycles. The van der Waals surface area contributed by atoms with E-state index in [1.165, 1.54) is 6.42 Å². The summed E-state index contributed by atoms with van der Waals surface area (Å²) in [6, 6.07) is 6.03. The Bertz CT molecular complexity index is 1260. The van der Waals surface area contributed by atoms with Crippen LogP contribution in [0.25, 0.3) is 0 Å². The first-order chi connectivity index (χ1) is 17.4. The van der Waals surface area contributed by atoms with Crippen molar-refractivity contribution in [1.82, 2.24) is 20.1 Å². The number of aryl methyl sites for hydroxylation is 1. The van der Waals surface area contributed by atoms with Gasteiger partial charge in [0.15, 0.2) is 5.89 Å². The summed E-state index contributed by atoms with van der Waals surface area (Å²) in [4.78, 5) is 46.3. The molecule has 9 heteroatoms. The van der Waals surface area contributed by atoms with Gasteiger partial charge < -0.3 is 14.1 Å². The number of imide groups is 1. The number of amides is 3. The lowest BCUT2D eigenvalue weighted by molar-refractivity contribution is -0.160. The van der Waals surface area contributed by atoms with Crippen molar-refractivity contribution in [3.05, 3.63) is 47.2 Å². The number of piperidine rings is 2. The number of hydrogen-bond donors (Lipinski definition) is 1. The van der Waals surface area contributed by atoms with Crippen LogP contribution in [0, 0.1) is 12.8 Å². The molecule has 4 aliphatic heterocycles. The zero-order valence-corrected chi connectivity index (χ0v) is 20.4. The van der Waals surface area contributed by atoms with Crippen LogP contribution in [0.5, 0.6) is 5.75 Å². The first-order valence-electron chi connectivity index (χ1n) is 13.0. The maximum Gasteiger partial charge on any atom is 0.255 e. The molecule has 1 N–H and O–H groups in total. The first-order valence-corrected chi connectivity index (χ1v) is 13.0. The van der Waals surface area contributed by atoms with E-state index in [1.54, 1.807) is 11.1 Å². The number of carbonyl (C=O) groups is 3. The molecule has 0 unspecified atom stereocenters. The predicted molar refractivity (Wildman–Crippen MR) is 127 cm³/mol. The normalized spacial score (nSPS) is 32.1. The molecule has 1 aromatic heterocycles. The SMILES string of the molecule is Cc1cnc(C2CN([C@@H]3CCCC[C@H]3Oc3ccc4c(c3)CN(C35CC(C3)C(=O)NC5=O)C4=O)C2)o1. The molecule has 9 nitrogen and oxygen atoms in total. The Morgan fingerprint density at radius 2 is 1.92 bits per heavy atom. The standard InChI is InChI=1S/C27H30N4O5/c1-15-11-28-24(35-15)18-12-30(13-18)21-4-2-3-5-22(21)36-19-6-7-20-16(8-19)14-31(25(20)33)27-9-17(10-27)23(32)29-26(27)34/h6-8,11,17-18,21-22H,2-5,9-10,12-14H2,1H3,(H,29,32,34)/t17?,21-,22-,27?/m1/s1. The molecule has 3 amide bonds. The Kier molecular flexibility index (Phi) is 4.83. The second kappa shape index (κ2) is 7.90. The number of likely N-dealkylation sites (tertiary alicyclic amines) is 1. The highest BCUT2D eigenvalue weighted by molar-refractivity contribution is 6.10. The molecule has 8 rings (SSSR count). The lowest BCUT2D eigenvalue weighted by Crippen LogP contribution is -2.73. The Morgan fingerprint density at radius 3 is 2.67 bits per heavy atom. The van der Waals surface area contributed by atoms with Gasteiger partial charge in [0.05, 0.1) is 12.1 Å². The third-order valence-corrected chi connectivity index (χ3v) is 8.92. The van der Waals surface area contributed by atoms with E-state index in [-0.39, 0.29) is 29.7 Å². The third kappa shape index (κ3) is 3.25. The fraction of sp³-hybridized carbons (Fsp3) is 0.556. The molecule has 5 heterocycles. The highest BCUT2D eigenvalue weighted by Crippen LogP contribution is 2.49. The van der Waals surface area contributed by atoms with Gasteiger partial charge in [-0.25, -0.2) is 4.98 Å². The summed E-state index contributed by atoms with van der Waals surface area (Å²) < 4.78 is 12.3. The monoisotopic (exact) mass is 490 g/mol. The topological polar surface area (TPSA) is 105 Å². The number of aromatic nitrogens is 1. The summed E-state index contributed by atoms with van der Waals surface area (Å²) >= 11 is 0. The Balaban J connectivity index is 1.04. The van der Waals surface area contributed by atoms with Gasteiger partial charge in [0.25, 0.3) is 11.8 Å². The molecule has 6 aliphatic rings. The van der Waals surface area contributed by atoms with Gasteiger partial charge in [-0.15, -0.1) is 0 Å². The fourth-order valence-electron chi connectivity index (χ4n) is 6.82. The van der Waals surface area contributed by atoms with E-state index in [0.29, 0.717) is 36.9 Å². The molecule has 36 heavy (non-hydrogen) atoms. The van der Waals surface area contributed by atoms with Crippen molar-refractivity contribution in [1.29, 1.82) is 0 Å². The van der Waals surface area contributed by atoms with Crippen LogP contribution < -0.4 is 10.1 Å². The summed E-state index contributed by atoms with van der Waals surface area (Å²) in [7, 11) is 0. The quantitative estimate of drug-likeness (QED) is 0.642. The van der Waals surface area contributed by atoms with Crippen molar-refractivity contribution in [2.45, 2.75) is 75.6 Å². The van der Waals surface area contributed by atoms with Gasteiger partial charge in [0.2, 0.25) is 5.91 Å². The molecular weight excluding hydrogens is 460 g/mol.